The van der Waals surface area contributed by atoms with Gasteiger partial charge in [0, 0.05) is 50.8 Å². The fourth-order valence-electron chi connectivity index (χ4n) is 8.56. The van der Waals surface area contributed by atoms with Gasteiger partial charge >= 0.3 is 0 Å². The number of hydrogen-bond donors (Lipinski definition) is 0. The highest BCUT2D eigenvalue weighted by Gasteiger charge is 2.19. The Kier molecular flexibility index (Phi) is 7.74. The summed E-state index contributed by atoms with van der Waals surface area (Å²) < 4.78 is 8.78. The van der Waals surface area contributed by atoms with Crippen LogP contribution in [0.3, 0.4) is 0 Å². The Balaban J connectivity index is 0.927. The smallest absolute Gasteiger partial charge is 0.167 e. The van der Waals surface area contributed by atoms with Crippen LogP contribution < -0.4 is 0 Å². The lowest BCUT2D eigenvalue weighted by molar-refractivity contribution is 0.669. The van der Waals surface area contributed by atoms with Crippen molar-refractivity contribution in [3.8, 4) is 62.1 Å². The van der Waals surface area contributed by atoms with E-state index in [9.17, 15) is 0 Å². The van der Waals surface area contributed by atoms with Crippen LogP contribution in [0.5, 0.6) is 0 Å². The third-order valence-electron chi connectivity index (χ3n) is 11.6. The molecule has 6 heteroatoms. The van der Waals surface area contributed by atoms with Crippen molar-refractivity contribution < 1.29 is 4.42 Å². The number of aromatic nitrogens is 5. The van der Waals surface area contributed by atoms with Crippen LogP contribution in [0, 0.1) is 0 Å². The van der Waals surface area contributed by atoms with Gasteiger partial charge in [-0.05, 0) is 75.5 Å². The second kappa shape index (κ2) is 13.7. The monoisotopic (exact) mass is 767 g/mol. The molecule has 0 radical (unpaired) electrons. The van der Waals surface area contributed by atoms with Crippen molar-refractivity contribution >= 4 is 54.5 Å². The average molecular weight is 768 g/mol. The third-order valence-corrected chi connectivity index (χ3v) is 11.6. The fourth-order valence-corrected chi connectivity index (χ4v) is 8.56. The Hall–Kier alpha value is -8.22. The third kappa shape index (κ3) is 5.65. The molecule has 8 aromatic carbocycles. The molecule has 0 aliphatic rings. The van der Waals surface area contributed by atoms with Gasteiger partial charge in [0.15, 0.2) is 17.5 Å². The summed E-state index contributed by atoms with van der Waals surface area (Å²) >= 11 is 0. The maximum Gasteiger partial charge on any atom is 0.167 e. The van der Waals surface area contributed by atoms with Crippen molar-refractivity contribution in [2.75, 3.05) is 0 Å². The molecule has 0 aliphatic heterocycles. The second-order valence-electron chi connectivity index (χ2n) is 15.1. The van der Waals surface area contributed by atoms with E-state index in [-0.39, 0.29) is 0 Å². The molecule has 60 heavy (non-hydrogen) atoms. The molecule has 280 valence electrons. The molecule has 0 amide bonds. The molecule has 4 heterocycles. The molecular weight excluding hydrogens is 735 g/mol. The van der Waals surface area contributed by atoms with Gasteiger partial charge in [0.25, 0.3) is 0 Å². The van der Waals surface area contributed by atoms with Gasteiger partial charge < -0.3 is 8.98 Å². The molecule has 12 aromatic rings. The van der Waals surface area contributed by atoms with Crippen molar-refractivity contribution in [3.63, 3.8) is 0 Å². The van der Waals surface area contributed by atoms with E-state index in [0.717, 1.165) is 66.6 Å². The van der Waals surface area contributed by atoms with Crippen molar-refractivity contribution in [2.45, 2.75) is 0 Å². The summed E-state index contributed by atoms with van der Waals surface area (Å²) in [5.41, 5.74) is 12.1. The van der Waals surface area contributed by atoms with Crippen LogP contribution >= 0.6 is 0 Å². The number of rotatable bonds is 6. The van der Waals surface area contributed by atoms with Crippen LogP contribution in [0.15, 0.2) is 205 Å². The Morgan fingerprint density at radius 3 is 1.67 bits per heavy atom. The van der Waals surface area contributed by atoms with Gasteiger partial charge in [-0.1, -0.05) is 146 Å². The Bertz CT molecular complexity index is 3570. The fraction of sp³-hybridized carbons (Fsp3) is 0. The highest BCUT2D eigenvalue weighted by molar-refractivity contribution is 6.13. The van der Waals surface area contributed by atoms with Crippen LogP contribution in [0.25, 0.3) is 117 Å². The number of furan rings is 1. The number of benzene rings is 8. The van der Waals surface area contributed by atoms with Gasteiger partial charge in [-0.2, -0.15) is 0 Å². The molecule has 0 spiro atoms. The summed E-state index contributed by atoms with van der Waals surface area (Å²) in [5.74, 6) is 1.71. The summed E-state index contributed by atoms with van der Waals surface area (Å²) in [7, 11) is 0. The van der Waals surface area contributed by atoms with Crippen LogP contribution in [-0.2, 0) is 0 Å². The zero-order valence-electron chi connectivity index (χ0n) is 32.2. The summed E-state index contributed by atoms with van der Waals surface area (Å²) in [6.45, 7) is 0. The average Bonchev–Trinajstić information content (AvgIpc) is 3.86. The molecule has 0 bridgehead atoms. The van der Waals surface area contributed by atoms with Gasteiger partial charge in [-0.3, -0.25) is 4.98 Å². The van der Waals surface area contributed by atoms with Gasteiger partial charge in [-0.15, -0.1) is 0 Å². The minimum absolute atomic E-state index is 0.539. The van der Waals surface area contributed by atoms with Gasteiger partial charge in [-0.25, -0.2) is 15.0 Å². The first-order valence-corrected chi connectivity index (χ1v) is 20.0. The Labute approximate surface area is 344 Å². The molecule has 0 N–H and O–H groups in total. The Morgan fingerprint density at radius 1 is 0.383 bits per heavy atom. The van der Waals surface area contributed by atoms with E-state index < -0.39 is 0 Å². The van der Waals surface area contributed by atoms with E-state index in [4.69, 9.17) is 19.4 Å². The number of hydrogen-bond acceptors (Lipinski definition) is 5. The first kappa shape index (κ1) is 33.9. The van der Waals surface area contributed by atoms with E-state index >= 15 is 0 Å². The van der Waals surface area contributed by atoms with E-state index in [2.05, 4.69) is 167 Å². The van der Waals surface area contributed by atoms with Crippen LogP contribution in [0.2, 0.25) is 0 Å². The van der Waals surface area contributed by atoms with Crippen LogP contribution in [0.4, 0.5) is 0 Å². The molecule has 6 nitrogen and oxygen atoms in total. The molecule has 12 rings (SSSR count). The molecule has 0 aliphatic carbocycles. The number of para-hydroxylation sites is 2. The first-order valence-electron chi connectivity index (χ1n) is 20.0. The van der Waals surface area contributed by atoms with Gasteiger partial charge in [0.2, 0.25) is 0 Å². The minimum Gasteiger partial charge on any atom is -0.455 e. The van der Waals surface area contributed by atoms with Crippen molar-refractivity contribution in [1.82, 2.24) is 24.5 Å². The molecule has 0 atom stereocenters. The number of pyridine rings is 1. The zero-order valence-corrected chi connectivity index (χ0v) is 32.2. The largest absolute Gasteiger partial charge is 0.455 e. The predicted molar refractivity (Wildman–Crippen MR) is 244 cm³/mol. The maximum absolute atomic E-state index is 6.41. The molecular formula is C54H33N5O. The number of fused-ring (bicyclic) bond motifs is 7. The normalized spacial score (nSPS) is 11.7. The molecule has 4 aromatic heterocycles. The Morgan fingerprint density at radius 2 is 0.950 bits per heavy atom. The SMILES string of the molecule is c1ccc(-c2ccc(-c3nc(-c4ccc(-c5ccc(-n6c7ccccc7c7cc8ccccc8cc76)cc5)cc4)nc(-c4cccc5c4oc4ccncc45)n3)cc2)cc1. The predicted octanol–water partition coefficient (Wildman–Crippen LogP) is 13.8. The van der Waals surface area contributed by atoms with Crippen molar-refractivity contribution in [2.24, 2.45) is 0 Å². The highest BCUT2D eigenvalue weighted by atomic mass is 16.3. The van der Waals surface area contributed by atoms with Crippen LogP contribution in [-0.4, -0.2) is 24.5 Å². The number of nitrogens with zero attached hydrogens (tertiary/aromatic N) is 5. The summed E-state index contributed by atoms with van der Waals surface area (Å²) in [6, 6.07) is 65.9. The maximum atomic E-state index is 6.41. The molecule has 0 saturated carbocycles. The second-order valence-corrected chi connectivity index (χ2v) is 15.1. The van der Waals surface area contributed by atoms with Crippen molar-refractivity contribution in [3.05, 3.63) is 200 Å². The quantitative estimate of drug-likeness (QED) is 0.168. The molecule has 0 saturated heterocycles. The van der Waals surface area contributed by atoms with Gasteiger partial charge in [0.05, 0.1) is 16.6 Å². The topological polar surface area (TPSA) is 69.6 Å². The lowest BCUT2D eigenvalue weighted by Crippen LogP contribution is -2.00. The first-order chi connectivity index (χ1) is 29.7. The van der Waals surface area contributed by atoms with E-state index in [1.165, 1.54) is 32.6 Å². The summed E-state index contributed by atoms with van der Waals surface area (Å²) in [4.78, 5) is 19.6. The highest BCUT2D eigenvalue weighted by Crippen LogP contribution is 2.38. The van der Waals surface area contributed by atoms with E-state index in [1.807, 2.05) is 36.5 Å². The van der Waals surface area contributed by atoms with Gasteiger partial charge in [0.1, 0.15) is 11.2 Å². The zero-order chi connectivity index (χ0) is 39.6. The summed E-state index contributed by atoms with van der Waals surface area (Å²) in [5, 5.41) is 6.90. The molecule has 0 fully saturated rings. The minimum atomic E-state index is 0.539. The molecule has 0 unspecified atom stereocenters. The summed E-state index contributed by atoms with van der Waals surface area (Å²) in [6.07, 6.45) is 3.58. The lowest BCUT2D eigenvalue weighted by atomic mass is 10.0. The van der Waals surface area contributed by atoms with E-state index in [0.29, 0.717) is 17.5 Å². The van der Waals surface area contributed by atoms with Crippen LogP contribution in [0.1, 0.15) is 0 Å². The van der Waals surface area contributed by atoms with E-state index in [1.54, 1.807) is 6.20 Å². The lowest BCUT2D eigenvalue weighted by Gasteiger charge is -2.11. The van der Waals surface area contributed by atoms with Crippen molar-refractivity contribution in [1.29, 1.82) is 0 Å². The standard InChI is InChI=1S/C54H33N5O/c1-2-9-34(10-3-1)35-17-21-38(22-18-35)52-56-53(58-54(57-52)45-15-8-14-44-47-33-55-30-29-50(47)60-51(44)45)39-23-19-36(20-24-39)37-25-27-42(28-26-37)59-48-16-7-6-13-43(48)46-31-40-11-4-5-12-41(40)32-49(46)59/h1-33H.